The van der Waals surface area contributed by atoms with E-state index in [4.69, 9.17) is 21.3 Å². The molecule has 17 heteroatoms. The maximum Gasteiger partial charge on any atom is 0.410 e. The third-order valence-electron chi connectivity index (χ3n) is 11.2. The fourth-order valence-electron chi connectivity index (χ4n) is 7.82. The topological polar surface area (TPSA) is 167 Å². The van der Waals surface area contributed by atoms with Gasteiger partial charge in [-0.15, -0.1) is 11.3 Å². The Kier molecular flexibility index (Phi) is 10.6. The van der Waals surface area contributed by atoms with Gasteiger partial charge in [0.05, 0.1) is 24.0 Å². The van der Waals surface area contributed by atoms with Crippen LogP contribution >= 0.6 is 22.9 Å². The summed E-state index contributed by atoms with van der Waals surface area (Å²) in [7, 11) is -3.91. The normalized spacial score (nSPS) is 26.6. The lowest BCUT2D eigenvalue weighted by Crippen LogP contribution is -2.57. The molecule has 8 rings (SSSR count). The van der Waals surface area contributed by atoms with Gasteiger partial charge in [0.1, 0.15) is 29.5 Å². The van der Waals surface area contributed by atoms with E-state index in [0.717, 1.165) is 18.4 Å². The number of fused-ring (bicyclic) bond motifs is 3. The molecule has 3 fully saturated rings. The van der Waals surface area contributed by atoms with E-state index in [-0.39, 0.29) is 32.5 Å². The molecule has 2 saturated carbocycles. The highest BCUT2D eigenvalue weighted by Crippen LogP contribution is 2.46. The summed E-state index contributed by atoms with van der Waals surface area (Å²) in [6.07, 6.45) is 6.70. The number of nitrogens with one attached hydrogen (secondary N) is 3. The van der Waals surface area contributed by atoms with Crippen LogP contribution in [0.15, 0.2) is 60.0 Å². The average Bonchev–Trinajstić information content (AvgIpc) is 3.97. The van der Waals surface area contributed by atoms with E-state index in [2.05, 4.69) is 15.4 Å². The van der Waals surface area contributed by atoms with Crippen LogP contribution in [0.3, 0.4) is 0 Å². The SMILES string of the molecule is O=C1N[C@]2(C(=O)NS(=O)(=O)C3CC3)C[C@H]2C=CCCCCC[C@H](Nc2nc(-c3ccc(Cl)cc3)cs2)C(=O)N2C[C@H](OC(=O)N3Cc4cccc(F)c4C3)C[C@@H]12. The summed E-state index contributed by atoms with van der Waals surface area (Å²) >= 11 is 7.42. The largest absolute Gasteiger partial charge is 0.444 e. The molecule has 0 unspecified atom stereocenters. The van der Waals surface area contributed by atoms with Crippen molar-refractivity contribution in [3.63, 3.8) is 0 Å². The molecule has 1 aromatic heterocycles. The number of hydrogen-bond acceptors (Lipinski definition) is 10. The van der Waals surface area contributed by atoms with Crippen molar-refractivity contribution in [3.8, 4) is 11.3 Å². The highest BCUT2D eigenvalue weighted by Gasteiger charge is 2.62. The maximum atomic E-state index is 14.7. The van der Waals surface area contributed by atoms with Crippen LogP contribution in [0, 0.1) is 11.7 Å². The number of sulfonamides is 1. The number of aromatic nitrogens is 1. The molecule has 5 aliphatic rings. The zero-order chi connectivity index (χ0) is 39.2. The van der Waals surface area contributed by atoms with E-state index in [1.807, 2.05) is 29.7 Å². The first-order chi connectivity index (χ1) is 26.9. The average molecular weight is 825 g/mol. The van der Waals surface area contributed by atoms with Crippen molar-refractivity contribution in [1.29, 1.82) is 0 Å². The van der Waals surface area contributed by atoms with E-state index in [1.54, 1.807) is 24.3 Å². The number of allylic oxidation sites excluding steroid dienone is 1. The monoisotopic (exact) mass is 824 g/mol. The second-order valence-electron chi connectivity index (χ2n) is 15.2. The first-order valence-corrected chi connectivity index (χ1v) is 21.8. The van der Waals surface area contributed by atoms with Gasteiger partial charge in [0.2, 0.25) is 21.8 Å². The third-order valence-corrected chi connectivity index (χ3v) is 14.1. The molecule has 1 saturated heterocycles. The van der Waals surface area contributed by atoms with E-state index in [0.29, 0.717) is 59.1 Å². The van der Waals surface area contributed by atoms with Gasteiger partial charge in [-0.2, -0.15) is 0 Å². The second kappa shape index (κ2) is 15.4. The minimum absolute atomic E-state index is 0.0221. The smallest absolute Gasteiger partial charge is 0.410 e. The molecule has 0 bridgehead atoms. The summed E-state index contributed by atoms with van der Waals surface area (Å²) in [5.41, 5.74) is 1.11. The molecule has 56 heavy (non-hydrogen) atoms. The van der Waals surface area contributed by atoms with E-state index in [1.165, 1.54) is 27.2 Å². The van der Waals surface area contributed by atoms with Crippen LogP contribution in [0.4, 0.5) is 14.3 Å². The number of thiazole rings is 1. The van der Waals surface area contributed by atoms with Gasteiger partial charge < -0.3 is 20.3 Å². The number of halogens is 2. The van der Waals surface area contributed by atoms with Crippen molar-refractivity contribution < 1.29 is 36.7 Å². The molecule has 5 atom stereocenters. The number of benzene rings is 2. The summed E-state index contributed by atoms with van der Waals surface area (Å²) in [5.74, 6) is -2.73. The van der Waals surface area contributed by atoms with Crippen molar-refractivity contribution in [1.82, 2.24) is 24.8 Å². The molecule has 13 nitrogen and oxygen atoms in total. The van der Waals surface area contributed by atoms with Crippen molar-refractivity contribution in [2.45, 2.75) is 99.9 Å². The Morgan fingerprint density at radius 1 is 1.05 bits per heavy atom. The number of carbonyl (C=O) groups excluding carboxylic acids is 4. The molecule has 3 aliphatic heterocycles. The third kappa shape index (κ3) is 8.00. The minimum Gasteiger partial charge on any atom is -0.444 e. The summed E-state index contributed by atoms with van der Waals surface area (Å²) < 4.78 is 48.3. The van der Waals surface area contributed by atoms with E-state index >= 15 is 0 Å². The first kappa shape index (κ1) is 38.3. The Morgan fingerprint density at radius 2 is 1.86 bits per heavy atom. The first-order valence-electron chi connectivity index (χ1n) is 19.0. The van der Waals surface area contributed by atoms with Crippen LogP contribution in [0.1, 0.15) is 68.9 Å². The molecule has 0 spiro atoms. The standard InChI is InChI=1S/C39H42ClFN6O7S2/c40-26-13-11-23(12-14-26)32-22-55-37(43-32)42-31-10-5-3-1-2-4-8-25-18-39(25,36(50)45-56(52,53)28-15-16-28)44-34(48)33-17-27(20-47(33)35(31)49)54-38(51)46-19-24-7-6-9-30(41)29(24)21-46/h4,6-9,11-14,22,25,27-28,31,33H,1-3,5,10,15-21H2,(H,42,43)(H,44,48)(H,45,50)/t25-,27-,31+,33+,39-/m1/s1. The van der Waals surface area contributed by atoms with Crippen LogP contribution in [-0.2, 0) is 42.2 Å². The molecule has 4 heterocycles. The van der Waals surface area contributed by atoms with Gasteiger partial charge in [0, 0.05) is 40.4 Å². The summed E-state index contributed by atoms with van der Waals surface area (Å²) in [6, 6.07) is 9.97. The zero-order valence-corrected chi connectivity index (χ0v) is 32.8. The molecule has 4 amide bonds. The number of ether oxygens (including phenoxy) is 1. The number of hydrogen-bond donors (Lipinski definition) is 3. The van der Waals surface area contributed by atoms with Crippen molar-refractivity contribution >= 4 is 61.9 Å². The number of amides is 4. The van der Waals surface area contributed by atoms with Gasteiger partial charge in [0.15, 0.2) is 5.13 Å². The Morgan fingerprint density at radius 3 is 2.62 bits per heavy atom. The van der Waals surface area contributed by atoms with Gasteiger partial charge in [0.25, 0.3) is 5.91 Å². The number of nitrogens with zero attached hydrogens (tertiary/aromatic N) is 3. The molecule has 3 aromatic rings. The Labute approximate surface area is 333 Å². The molecule has 0 radical (unpaired) electrons. The zero-order valence-electron chi connectivity index (χ0n) is 30.4. The maximum absolute atomic E-state index is 14.7. The van der Waals surface area contributed by atoms with Gasteiger partial charge in [-0.25, -0.2) is 22.6 Å². The lowest BCUT2D eigenvalue weighted by atomic mass is 10.1. The quantitative estimate of drug-likeness (QED) is 0.261. The Hall–Kier alpha value is -4.54. The predicted octanol–water partition coefficient (Wildman–Crippen LogP) is 5.51. The molecular weight excluding hydrogens is 783 g/mol. The molecule has 296 valence electrons. The van der Waals surface area contributed by atoms with Gasteiger partial charge in [-0.05, 0) is 62.3 Å². The van der Waals surface area contributed by atoms with Gasteiger partial charge >= 0.3 is 6.09 Å². The summed E-state index contributed by atoms with van der Waals surface area (Å²) in [4.78, 5) is 63.7. The highest BCUT2D eigenvalue weighted by atomic mass is 35.5. The Balaban J connectivity index is 1.06. The Bertz CT molecular complexity index is 2180. The fourth-order valence-corrected chi connectivity index (χ4v) is 10.1. The molecular formula is C39H42ClFN6O7S2. The molecule has 3 N–H and O–H groups in total. The summed E-state index contributed by atoms with van der Waals surface area (Å²) in [6.45, 7) is 0.0655. The molecule has 2 aliphatic carbocycles. The van der Waals surface area contributed by atoms with E-state index in [9.17, 15) is 32.0 Å². The fraction of sp³-hybridized carbons (Fsp3) is 0.462. The van der Waals surface area contributed by atoms with Crippen molar-refractivity contribution in [2.24, 2.45) is 5.92 Å². The van der Waals surface area contributed by atoms with Crippen LogP contribution in [0.2, 0.25) is 5.02 Å². The van der Waals surface area contributed by atoms with Crippen LogP contribution in [0.5, 0.6) is 0 Å². The van der Waals surface area contributed by atoms with Gasteiger partial charge in [-0.1, -0.05) is 60.9 Å². The van der Waals surface area contributed by atoms with E-state index < -0.39 is 74.5 Å². The molecule has 2 aromatic carbocycles. The number of carbonyl (C=O) groups is 4. The van der Waals surface area contributed by atoms with Gasteiger partial charge in [-0.3, -0.25) is 24.0 Å². The van der Waals surface area contributed by atoms with Crippen molar-refractivity contribution in [2.75, 3.05) is 11.9 Å². The van der Waals surface area contributed by atoms with Crippen LogP contribution in [0.25, 0.3) is 11.3 Å². The number of anilines is 1. The minimum atomic E-state index is -3.91. The highest BCUT2D eigenvalue weighted by molar-refractivity contribution is 7.91. The van der Waals surface area contributed by atoms with Crippen molar-refractivity contribution in [3.05, 3.63) is 82.0 Å². The lowest BCUT2D eigenvalue weighted by Gasteiger charge is -2.29. The van der Waals surface area contributed by atoms with Crippen LogP contribution in [-0.4, -0.2) is 82.5 Å². The number of rotatable bonds is 7. The lowest BCUT2D eigenvalue weighted by molar-refractivity contribution is -0.140. The van der Waals surface area contributed by atoms with Crippen LogP contribution < -0.4 is 15.4 Å². The second-order valence-corrected chi connectivity index (χ2v) is 18.5. The summed E-state index contributed by atoms with van der Waals surface area (Å²) in [5, 5.41) is 8.50. The predicted molar refractivity (Wildman–Crippen MR) is 207 cm³/mol.